The van der Waals surface area contributed by atoms with Crippen LogP contribution in [-0.4, -0.2) is 75.8 Å². The van der Waals surface area contributed by atoms with E-state index in [9.17, 15) is 24.0 Å². The van der Waals surface area contributed by atoms with E-state index in [1.54, 1.807) is 23.8 Å². The largest absolute Gasteiger partial charge is 0.610 e. The Bertz CT molecular complexity index is 1060. The molecule has 4 heterocycles. The van der Waals surface area contributed by atoms with Crippen molar-refractivity contribution in [3.8, 4) is 0 Å². The van der Waals surface area contributed by atoms with Gasteiger partial charge in [0, 0.05) is 35.3 Å². The van der Waals surface area contributed by atoms with E-state index in [1.807, 2.05) is 11.5 Å². The maximum Gasteiger partial charge on any atom is 0.352 e. The van der Waals surface area contributed by atoms with Gasteiger partial charge in [0.15, 0.2) is 10.9 Å². The maximum absolute atomic E-state index is 12.7. The molecule has 10 nitrogen and oxygen atoms in total. The van der Waals surface area contributed by atoms with Crippen LogP contribution >= 0.6 is 34.9 Å². The zero-order chi connectivity index (χ0) is 22.8. The molecule has 2 aliphatic rings. The topological polar surface area (TPSA) is 140 Å². The number of hydrogen-bond acceptors (Lipinski definition) is 9. The molecule has 0 spiro atoms. The fourth-order valence-electron chi connectivity index (χ4n) is 3.32. The normalized spacial score (nSPS) is 21.2. The molecule has 0 radical (unpaired) electrons. The monoisotopic (exact) mass is 513 g/mol. The summed E-state index contributed by atoms with van der Waals surface area (Å²) in [5, 5.41) is 22.2. The number of β-lactam (4-membered cyclic amide) rings is 1. The molecule has 0 aromatic carbocycles. The van der Waals surface area contributed by atoms with Gasteiger partial charge in [-0.05, 0) is 23.9 Å². The van der Waals surface area contributed by atoms with Gasteiger partial charge in [-0.15, -0.1) is 22.0 Å². The Morgan fingerprint density at radius 1 is 1.47 bits per heavy atom. The Kier molecular flexibility index (Phi) is 7.14. The van der Waals surface area contributed by atoms with Crippen molar-refractivity contribution in [2.24, 2.45) is 0 Å². The Hall–Kier alpha value is -2.00. The van der Waals surface area contributed by atoms with Crippen LogP contribution in [0.1, 0.15) is 6.92 Å². The molecule has 0 bridgehead atoms. The van der Waals surface area contributed by atoms with Gasteiger partial charge in [-0.25, -0.2) is 4.79 Å². The predicted molar refractivity (Wildman–Crippen MR) is 122 cm³/mol. The molecule has 170 valence electrons. The number of carboxylic acid groups (broad SMARTS) is 1. The quantitative estimate of drug-likeness (QED) is 0.285. The molecule has 1 fully saturated rings. The maximum atomic E-state index is 12.7. The molecule has 2 aliphatic heterocycles. The molecule has 2 aromatic rings. The van der Waals surface area contributed by atoms with Crippen LogP contribution in [0.2, 0.25) is 0 Å². The number of fused-ring (bicyclic) bond motifs is 1. The van der Waals surface area contributed by atoms with Gasteiger partial charge in [0.05, 0.1) is 0 Å². The van der Waals surface area contributed by atoms with Crippen LogP contribution in [0.3, 0.4) is 0 Å². The van der Waals surface area contributed by atoms with Gasteiger partial charge in [-0.1, -0.05) is 23.1 Å². The smallest absolute Gasteiger partial charge is 0.352 e. The van der Waals surface area contributed by atoms with Gasteiger partial charge >= 0.3 is 5.97 Å². The highest BCUT2D eigenvalue weighted by Crippen LogP contribution is 2.41. The van der Waals surface area contributed by atoms with Gasteiger partial charge in [0.2, 0.25) is 4.21 Å². The minimum absolute atomic E-state index is 0.0403. The van der Waals surface area contributed by atoms with Crippen LogP contribution in [0.4, 0.5) is 0 Å². The number of thiophene rings is 1. The second-order valence-corrected chi connectivity index (χ2v) is 11.5. The van der Waals surface area contributed by atoms with Gasteiger partial charge in [0.25, 0.3) is 11.8 Å². The van der Waals surface area contributed by atoms with Crippen LogP contribution in [0.25, 0.3) is 0 Å². The van der Waals surface area contributed by atoms with Crippen molar-refractivity contribution >= 4 is 63.8 Å². The Balaban J connectivity index is 1.41. The number of aliphatic carboxylic acids is 1. The lowest BCUT2D eigenvalue weighted by molar-refractivity contribution is -0.150. The number of amides is 2. The molecule has 32 heavy (non-hydrogen) atoms. The molecule has 14 heteroatoms. The zero-order valence-corrected chi connectivity index (χ0v) is 20.1. The Labute approximate surface area is 199 Å². The molecule has 1 saturated heterocycles. The van der Waals surface area contributed by atoms with E-state index in [2.05, 4.69) is 15.5 Å². The third-order valence-electron chi connectivity index (χ3n) is 4.84. The third kappa shape index (κ3) is 4.55. The van der Waals surface area contributed by atoms with Crippen molar-refractivity contribution in [1.29, 1.82) is 0 Å². The van der Waals surface area contributed by atoms with E-state index in [4.69, 9.17) is 0 Å². The third-order valence-corrected chi connectivity index (χ3v) is 9.87. The van der Waals surface area contributed by atoms with Crippen molar-refractivity contribution in [3.05, 3.63) is 35.1 Å². The van der Waals surface area contributed by atoms with Crippen molar-refractivity contribution in [2.45, 2.75) is 34.2 Å². The molecule has 2 aromatic heterocycles. The molecule has 0 aliphatic carbocycles. The number of rotatable bonds is 9. The summed E-state index contributed by atoms with van der Waals surface area (Å²) in [6.07, 6.45) is 1.61. The highest BCUT2D eigenvalue weighted by Gasteiger charge is 2.54. The minimum atomic E-state index is -1.48. The van der Waals surface area contributed by atoms with Crippen molar-refractivity contribution in [3.63, 3.8) is 0 Å². The van der Waals surface area contributed by atoms with Crippen LogP contribution in [-0.2, 0) is 32.1 Å². The fourth-order valence-corrected chi connectivity index (χ4v) is 7.70. The van der Waals surface area contributed by atoms with Gasteiger partial charge in [-0.2, -0.15) is 0 Å². The van der Waals surface area contributed by atoms with E-state index in [0.717, 1.165) is 0 Å². The van der Waals surface area contributed by atoms with Gasteiger partial charge in [-0.3, -0.25) is 14.5 Å². The second-order valence-electron chi connectivity index (χ2n) is 6.82. The minimum Gasteiger partial charge on any atom is -0.610 e. The first-order chi connectivity index (χ1) is 15.4. The first-order valence-electron chi connectivity index (χ1n) is 9.52. The number of thioether (sulfide) groups is 2. The Morgan fingerprint density at radius 2 is 2.28 bits per heavy atom. The highest BCUT2D eigenvalue weighted by molar-refractivity contribution is 8.01. The second kappa shape index (κ2) is 9.87. The first kappa shape index (κ1) is 23.2. The number of carboxylic acids is 1. The summed E-state index contributed by atoms with van der Waals surface area (Å²) in [6.45, 7) is 2.65. The predicted octanol–water partition coefficient (Wildman–Crippen LogP) is 0.998. The van der Waals surface area contributed by atoms with E-state index >= 15 is 0 Å². The molecule has 2 N–H and O–H groups in total. The van der Waals surface area contributed by atoms with E-state index in [1.165, 1.54) is 39.8 Å². The van der Waals surface area contributed by atoms with Crippen LogP contribution in [0.15, 0.2) is 44.5 Å². The average molecular weight is 514 g/mol. The van der Waals surface area contributed by atoms with Crippen LogP contribution in [0.5, 0.6) is 0 Å². The molecule has 3 atom stereocenters. The number of carbonyl (C=O) groups is 3. The SMILES string of the molecule is CCn1cnnc1SCC1=C(C(=O)O)N2C(=O)C(NC(=O)C[S+]([O-])c3cccs3)[C@@H]2SC1. The molecule has 4 rings (SSSR count). The molecule has 2 amide bonds. The number of hydrogen-bond donors (Lipinski definition) is 2. The van der Waals surface area contributed by atoms with E-state index < -0.39 is 40.4 Å². The first-order valence-corrected chi connectivity index (χ1v) is 13.8. The fraction of sp³-hybridized carbons (Fsp3) is 0.389. The molecular weight excluding hydrogens is 494 g/mol. The molecule has 2 unspecified atom stereocenters. The summed E-state index contributed by atoms with van der Waals surface area (Å²) in [5.41, 5.74) is 0.577. The number of aryl methyl sites for hydroxylation is 1. The molecule has 0 saturated carbocycles. The standard InChI is InChI=1S/C18H19N5O5S4/c1-2-22-9-19-21-18(22)31-7-10-6-30-16-13(15(25)23(16)14(10)17(26)27)20-11(24)8-32(28)12-4-3-5-29-12/h3-5,9,13,16H,2,6-8H2,1H3,(H,20,24)(H,26,27)/t13?,16-,32?/m0/s1. The lowest BCUT2D eigenvalue weighted by atomic mass is 10.0. The van der Waals surface area contributed by atoms with Crippen LogP contribution in [0, 0.1) is 0 Å². The number of nitrogens with zero attached hydrogens (tertiary/aromatic N) is 4. The van der Waals surface area contributed by atoms with E-state index in [-0.39, 0.29) is 11.4 Å². The summed E-state index contributed by atoms with van der Waals surface area (Å²) in [7, 11) is 0. The van der Waals surface area contributed by atoms with Crippen molar-refractivity contribution < 1.29 is 24.0 Å². The summed E-state index contributed by atoms with van der Waals surface area (Å²) in [4.78, 5) is 38.2. The Morgan fingerprint density at radius 3 is 2.97 bits per heavy atom. The van der Waals surface area contributed by atoms with Gasteiger partial charge < -0.3 is 19.5 Å². The number of carbonyl (C=O) groups excluding carboxylic acids is 2. The summed E-state index contributed by atoms with van der Waals surface area (Å²) in [5.74, 6) is -1.63. The summed E-state index contributed by atoms with van der Waals surface area (Å²) in [6, 6.07) is 2.61. The van der Waals surface area contributed by atoms with Gasteiger partial charge in [0.1, 0.15) is 23.4 Å². The lowest BCUT2D eigenvalue weighted by Crippen LogP contribution is -2.70. The summed E-state index contributed by atoms with van der Waals surface area (Å²) < 4.78 is 14.7. The highest BCUT2D eigenvalue weighted by atomic mass is 32.2. The van der Waals surface area contributed by atoms with Crippen LogP contribution < -0.4 is 5.32 Å². The average Bonchev–Trinajstić information content (AvgIpc) is 3.47. The van der Waals surface area contributed by atoms with Crippen molar-refractivity contribution in [1.82, 2.24) is 25.0 Å². The van der Waals surface area contributed by atoms with Crippen molar-refractivity contribution in [2.75, 3.05) is 17.3 Å². The van der Waals surface area contributed by atoms with E-state index in [0.29, 0.717) is 33.0 Å². The molecular formula is C18H19N5O5S4. The zero-order valence-electron chi connectivity index (χ0n) is 16.8. The number of aromatic nitrogens is 3. The lowest BCUT2D eigenvalue weighted by Gasteiger charge is -2.49. The summed E-state index contributed by atoms with van der Waals surface area (Å²) >= 11 is 2.58. The number of nitrogens with one attached hydrogen (secondary N) is 1.